The minimum Gasteiger partial charge on any atom is -0.326 e. The van der Waals surface area contributed by atoms with Crippen molar-refractivity contribution in [2.45, 2.75) is 26.9 Å². The van der Waals surface area contributed by atoms with E-state index in [1.807, 2.05) is 24.1 Å². The van der Waals surface area contributed by atoms with Gasteiger partial charge in [0, 0.05) is 24.3 Å². The van der Waals surface area contributed by atoms with E-state index in [1.54, 1.807) is 11.3 Å². The molecule has 0 radical (unpaired) electrons. The molecule has 2 aromatic heterocycles. The fourth-order valence-electron chi connectivity index (χ4n) is 1.60. The topological polar surface area (TPSA) is 42.7 Å². The first-order valence-electron chi connectivity index (χ1n) is 5.84. The van der Waals surface area contributed by atoms with Crippen LogP contribution in [-0.4, -0.2) is 21.1 Å². The van der Waals surface area contributed by atoms with Gasteiger partial charge in [0.05, 0.1) is 18.6 Å². The lowest BCUT2D eigenvalue weighted by atomic mass is 10.2. The van der Waals surface area contributed by atoms with Crippen molar-refractivity contribution in [3.8, 4) is 0 Å². The minimum atomic E-state index is 0.672. The third kappa shape index (κ3) is 3.64. The summed E-state index contributed by atoms with van der Waals surface area (Å²) in [6, 6.07) is 0. The summed E-state index contributed by atoms with van der Waals surface area (Å²) in [4.78, 5) is 8.49. The predicted molar refractivity (Wildman–Crippen MR) is 70.0 cm³/mol. The second-order valence-electron chi connectivity index (χ2n) is 4.46. The highest BCUT2D eigenvalue weighted by molar-refractivity contribution is 7.09. The Morgan fingerprint density at radius 3 is 3.06 bits per heavy atom. The van der Waals surface area contributed by atoms with E-state index in [4.69, 9.17) is 0 Å². The van der Waals surface area contributed by atoms with Gasteiger partial charge in [-0.25, -0.2) is 9.97 Å². The number of rotatable bonds is 6. The Morgan fingerprint density at radius 2 is 2.35 bits per heavy atom. The zero-order chi connectivity index (χ0) is 12.1. The van der Waals surface area contributed by atoms with Gasteiger partial charge in [-0.15, -0.1) is 11.3 Å². The fraction of sp³-hybridized carbons (Fsp3) is 0.500. The molecule has 0 aliphatic carbocycles. The van der Waals surface area contributed by atoms with Gasteiger partial charge in [-0.05, 0) is 12.5 Å². The van der Waals surface area contributed by atoms with Crippen molar-refractivity contribution in [1.29, 1.82) is 0 Å². The zero-order valence-corrected chi connectivity index (χ0v) is 11.1. The summed E-state index contributed by atoms with van der Waals surface area (Å²) >= 11 is 1.68. The lowest BCUT2D eigenvalue weighted by molar-refractivity contribution is 0.539. The van der Waals surface area contributed by atoms with E-state index in [9.17, 15) is 0 Å². The Hall–Kier alpha value is -1.20. The number of imidazole rings is 1. The minimum absolute atomic E-state index is 0.672. The normalized spacial score (nSPS) is 11.2. The van der Waals surface area contributed by atoms with E-state index in [1.165, 1.54) is 5.69 Å². The van der Waals surface area contributed by atoms with Crippen molar-refractivity contribution in [2.75, 3.05) is 6.54 Å². The lowest BCUT2D eigenvalue weighted by Gasteiger charge is -2.09. The molecule has 2 rings (SSSR count). The highest BCUT2D eigenvalue weighted by Crippen LogP contribution is 2.08. The molecule has 0 aromatic carbocycles. The molecule has 0 saturated heterocycles. The van der Waals surface area contributed by atoms with Crippen LogP contribution >= 0.6 is 11.3 Å². The lowest BCUT2D eigenvalue weighted by Crippen LogP contribution is -2.20. The van der Waals surface area contributed by atoms with Crippen molar-refractivity contribution < 1.29 is 0 Å². The van der Waals surface area contributed by atoms with E-state index in [0.717, 1.165) is 24.6 Å². The molecule has 0 bridgehead atoms. The van der Waals surface area contributed by atoms with E-state index in [-0.39, 0.29) is 0 Å². The molecular weight excluding hydrogens is 232 g/mol. The van der Waals surface area contributed by atoms with Crippen LogP contribution in [0.1, 0.15) is 24.5 Å². The average Bonchev–Trinajstić information content (AvgIpc) is 2.91. The number of hydrogen-bond acceptors (Lipinski definition) is 4. The maximum atomic E-state index is 4.29. The van der Waals surface area contributed by atoms with Crippen LogP contribution in [-0.2, 0) is 13.1 Å². The van der Waals surface area contributed by atoms with Crippen LogP contribution in [0.5, 0.6) is 0 Å². The van der Waals surface area contributed by atoms with Gasteiger partial charge in [-0.3, -0.25) is 0 Å². The third-order valence-corrected chi connectivity index (χ3v) is 3.21. The van der Waals surface area contributed by atoms with Gasteiger partial charge in [0.15, 0.2) is 0 Å². The standard InChI is InChI=1S/C12H18N4S/c1-10(2)5-13-6-11-7-14-9-16(11)8-12-15-3-4-17-12/h3-4,7,9-10,13H,5-6,8H2,1-2H3. The van der Waals surface area contributed by atoms with Gasteiger partial charge >= 0.3 is 0 Å². The number of aromatic nitrogens is 3. The first-order valence-corrected chi connectivity index (χ1v) is 6.71. The summed E-state index contributed by atoms with van der Waals surface area (Å²) in [7, 11) is 0. The Bertz CT molecular complexity index is 433. The Balaban J connectivity index is 1.92. The van der Waals surface area contributed by atoms with Crippen LogP contribution in [0.25, 0.3) is 0 Å². The SMILES string of the molecule is CC(C)CNCc1cncn1Cc1nccs1. The maximum absolute atomic E-state index is 4.29. The van der Waals surface area contributed by atoms with Gasteiger partial charge in [0.2, 0.25) is 0 Å². The molecule has 0 aliphatic rings. The summed E-state index contributed by atoms with van der Waals surface area (Å²) in [5, 5.41) is 6.55. The average molecular weight is 250 g/mol. The highest BCUT2D eigenvalue weighted by atomic mass is 32.1. The van der Waals surface area contributed by atoms with Gasteiger partial charge in [0.25, 0.3) is 0 Å². The number of thiazole rings is 1. The van der Waals surface area contributed by atoms with Crippen LogP contribution in [0.2, 0.25) is 0 Å². The Morgan fingerprint density at radius 1 is 1.47 bits per heavy atom. The van der Waals surface area contributed by atoms with Gasteiger partial charge in [-0.2, -0.15) is 0 Å². The molecule has 0 fully saturated rings. The van der Waals surface area contributed by atoms with Gasteiger partial charge in [0.1, 0.15) is 5.01 Å². The number of nitrogens with zero attached hydrogens (tertiary/aromatic N) is 3. The highest BCUT2D eigenvalue weighted by Gasteiger charge is 2.04. The number of hydrogen-bond donors (Lipinski definition) is 1. The molecule has 0 aliphatic heterocycles. The van der Waals surface area contributed by atoms with Gasteiger partial charge < -0.3 is 9.88 Å². The quantitative estimate of drug-likeness (QED) is 0.854. The predicted octanol–water partition coefficient (Wildman–Crippen LogP) is 2.13. The monoisotopic (exact) mass is 250 g/mol. The summed E-state index contributed by atoms with van der Waals surface area (Å²) in [5.74, 6) is 0.672. The molecule has 17 heavy (non-hydrogen) atoms. The van der Waals surface area contributed by atoms with Crippen molar-refractivity contribution in [1.82, 2.24) is 19.9 Å². The molecule has 5 heteroatoms. The second-order valence-corrected chi connectivity index (χ2v) is 5.44. The van der Waals surface area contributed by atoms with Gasteiger partial charge in [-0.1, -0.05) is 13.8 Å². The number of nitrogens with one attached hydrogen (secondary N) is 1. The molecule has 0 atom stereocenters. The molecule has 4 nitrogen and oxygen atoms in total. The molecule has 2 heterocycles. The van der Waals surface area contributed by atoms with Crippen molar-refractivity contribution in [2.24, 2.45) is 5.92 Å². The van der Waals surface area contributed by atoms with Crippen LogP contribution in [0.3, 0.4) is 0 Å². The Labute approximate surface area is 106 Å². The fourth-order valence-corrected chi connectivity index (χ4v) is 2.22. The Kier molecular flexibility index (Phi) is 4.28. The maximum Gasteiger partial charge on any atom is 0.112 e. The largest absolute Gasteiger partial charge is 0.326 e. The molecular formula is C12H18N4S. The molecule has 0 unspecified atom stereocenters. The second kappa shape index (κ2) is 5.93. The van der Waals surface area contributed by atoms with E-state index < -0.39 is 0 Å². The van der Waals surface area contributed by atoms with Crippen LogP contribution < -0.4 is 5.32 Å². The first kappa shape index (κ1) is 12.3. The smallest absolute Gasteiger partial charge is 0.112 e. The van der Waals surface area contributed by atoms with Crippen molar-refractivity contribution in [3.63, 3.8) is 0 Å². The summed E-state index contributed by atoms with van der Waals surface area (Å²) in [6.07, 6.45) is 5.63. The molecule has 0 spiro atoms. The van der Waals surface area contributed by atoms with Crippen LogP contribution in [0.15, 0.2) is 24.1 Å². The first-order chi connectivity index (χ1) is 8.25. The van der Waals surface area contributed by atoms with Crippen molar-refractivity contribution >= 4 is 11.3 Å². The summed E-state index contributed by atoms with van der Waals surface area (Å²) in [6.45, 7) is 7.13. The molecule has 0 saturated carbocycles. The molecule has 92 valence electrons. The van der Waals surface area contributed by atoms with E-state index in [0.29, 0.717) is 5.92 Å². The molecule has 2 aromatic rings. The molecule has 1 N–H and O–H groups in total. The van der Waals surface area contributed by atoms with Crippen LogP contribution in [0.4, 0.5) is 0 Å². The van der Waals surface area contributed by atoms with Crippen LogP contribution in [0, 0.1) is 5.92 Å². The van der Waals surface area contributed by atoms with E-state index in [2.05, 4.69) is 33.7 Å². The summed E-state index contributed by atoms with van der Waals surface area (Å²) < 4.78 is 2.14. The third-order valence-electron chi connectivity index (χ3n) is 2.45. The molecule has 0 amide bonds. The van der Waals surface area contributed by atoms with E-state index >= 15 is 0 Å². The summed E-state index contributed by atoms with van der Waals surface area (Å²) in [5.41, 5.74) is 1.21. The van der Waals surface area contributed by atoms with Crippen molar-refractivity contribution in [3.05, 3.63) is 34.8 Å². The zero-order valence-electron chi connectivity index (χ0n) is 10.3.